The zero-order chi connectivity index (χ0) is 40.1. The lowest BCUT2D eigenvalue weighted by Gasteiger charge is -2.27. The van der Waals surface area contributed by atoms with Crippen LogP contribution in [0.3, 0.4) is 0 Å². The van der Waals surface area contributed by atoms with E-state index in [1.807, 2.05) is 12.1 Å². The molecule has 1 saturated heterocycles. The predicted molar refractivity (Wildman–Crippen MR) is 205 cm³/mol. The molecule has 2 aromatic heterocycles. The van der Waals surface area contributed by atoms with Crippen LogP contribution >= 0.6 is 0 Å². The number of carbonyl (C=O) groups is 5. The molecule has 0 aliphatic carbocycles. The molecular weight excluding hydrogens is 744 g/mol. The van der Waals surface area contributed by atoms with Crippen molar-refractivity contribution < 1.29 is 43.1 Å². The minimum Gasteiger partial charge on any atom is -0.379 e. The van der Waals surface area contributed by atoms with Crippen LogP contribution in [-0.4, -0.2) is 120 Å². The molecule has 6 N–H and O–H groups in total. The van der Waals surface area contributed by atoms with Gasteiger partial charge in [0.2, 0.25) is 23.5 Å². The Balaban J connectivity index is 0.775. The quantitative estimate of drug-likeness (QED) is 0.0289. The molecule has 0 saturated carbocycles. The third-order valence-electron chi connectivity index (χ3n) is 8.98. The van der Waals surface area contributed by atoms with E-state index in [1.165, 1.54) is 12.1 Å². The van der Waals surface area contributed by atoms with Gasteiger partial charge < -0.3 is 35.5 Å². The van der Waals surface area contributed by atoms with E-state index in [0.717, 1.165) is 15.8 Å². The fraction of sp³-hybridized carbons (Fsp3) is 0.378. The van der Waals surface area contributed by atoms with E-state index < -0.39 is 34.6 Å². The standard InChI is InChI=1S/C37H42N10O10/c48-31-11-9-29(35(50)44-31)46-36(51)25-4-1-5-27(33(25)37(46)52)40-22-32(49)39-13-3-15-56-17-19-57-18-16-55-14-2-12-38-30-10-8-28(47(53)54)34(43-30)42-24-6-7-26-23(20-24)21-41-45-26/h1,4-8,10,20-21,29,40H,2-3,9,11-19,22H2,(H,39,49)(H,41,45)(H2,38,42,43)(H,44,48,50). The van der Waals surface area contributed by atoms with Crippen molar-refractivity contribution in [1.82, 2.24) is 30.7 Å². The summed E-state index contributed by atoms with van der Waals surface area (Å²) in [5, 5.41) is 33.3. The van der Waals surface area contributed by atoms with Gasteiger partial charge in [-0.05, 0) is 55.7 Å². The molecule has 2 aliphatic rings. The number of pyridine rings is 1. The molecule has 5 amide bonds. The van der Waals surface area contributed by atoms with E-state index in [0.29, 0.717) is 82.8 Å². The predicted octanol–water partition coefficient (Wildman–Crippen LogP) is 2.48. The Morgan fingerprint density at radius 3 is 2.42 bits per heavy atom. The second kappa shape index (κ2) is 19.4. The number of hydrogen-bond donors (Lipinski definition) is 6. The van der Waals surface area contributed by atoms with Crippen molar-refractivity contribution in [3.8, 4) is 0 Å². The van der Waals surface area contributed by atoms with E-state index in [9.17, 15) is 34.1 Å². The largest absolute Gasteiger partial charge is 0.379 e. The van der Waals surface area contributed by atoms with Crippen LogP contribution in [0.25, 0.3) is 10.9 Å². The summed E-state index contributed by atoms with van der Waals surface area (Å²) in [7, 11) is 0. The summed E-state index contributed by atoms with van der Waals surface area (Å²) in [6.07, 6.45) is 2.98. The molecule has 57 heavy (non-hydrogen) atoms. The first kappa shape index (κ1) is 40.2. The number of nitro groups is 1. The van der Waals surface area contributed by atoms with E-state index in [1.54, 1.807) is 30.5 Å². The van der Waals surface area contributed by atoms with Crippen LogP contribution in [0.4, 0.5) is 28.7 Å². The average molecular weight is 787 g/mol. The lowest BCUT2D eigenvalue weighted by Crippen LogP contribution is -2.54. The van der Waals surface area contributed by atoms with E-state index in [-0.39, 0.29) is 47.9 Å². The Morgan fingerprint density at radius 1 is 0.912 bits per heavy atom. The van der Waals surface area contributed by atoms with Gasteiger partial charge in [0.05, 0.1) is 60.7 Å². The highest BCUT2D eigenvalue weighted by atomic mass is 16.6. The summed E-state index contributed by atoms with van der Waals surface area (Å²) < 4.78 is 16.7. The molecule has 0 spiro atoms. The van der Waals surface area contributed by atoms with Gasteiger partial charge in [0.15, 0.2) is 0 Å². The lowest BCUT2D eigenvalue weighted by molar-refractivity contribution is -0.384. The van der Waals surface area contributed by atoms with Gasteiger partial charge in [-0.15, -0.1) is 0 Å². The molecule has 0 bridgehead atoms. The maximum Gasteiger partial charge on any atom is 0.311 e. The Bertz CT molecular complexity index is 2130. The van der Waals surface area contributed by atoms with Gasteiger partial charge in [-0.2, -0.15) is 5.10 Å². The number of rotatable bonds is 22. The fourth-order valence-electron chi connectivity index (χ4n) is 6.18. The molecule has 2 aromatic carbocycles. The van der Waals surface area contributed by atoms with Gasteiger partial charge in [0, 0.05) is 55.6 Å². The first-order valence-electron chi connectivity index (χ1n) is 18.4. The second-order valence-electron chi connectivity index (χ2n) is 13.0. The Labute approximate surface area is 325 Å². The smallest absolute Gasteiger partial charge is 0.311 e. The number of benzene rings is 2. The summed E-state index contributed by atoms with van der Waals surface area (Å²) in [4.78, 5) is 78.8. The van der Waals surface area contributed by atoms with Crippen molar-refractivity contribution in [3.63, 3.8) is 0 Å². The summed E-state index contributed by atoms with van der Waals surface area (Å²) in [6.45, 7) is 3.18. The fourth-order valence-corrected chi connectivity index (χ4v) is 6.18. The van der Waals surface area contributed by atoms with Crippen LogP contribution in [0.1, 0.15) is 46.4 Å². The number of nitrogens with one attached hydrogen (secondary N) is 6. The molecule has 4 aromatic rings. The van der Waals surface area contributed by atoms with Gasteiger partial charge in [0.1, 0.15) is 11.9 Å². The van der Waals surface area contributed by atoms with E-state index >= 15 is 0 Å². The SMILES string of the molecule is O=C(CNc1cccc2c1C(=O)N(C1CCC(=O)NC1=O)C2=O)NCCCOCCOCCOCCCNc1ccc([N+](=O)[O-])c(Nc2ccc3[nH]ncc3c2)n1. The van der Waals surface area contributed by atoms with Crippen molar-refractivity contribution in [3.05, 3.63) is 76.0 Å². The maximum atomic E-state index is 13.2. The molecule has 1 fully saturated rings. The molecule has 0 radical (unpaired) electrons. The van der Waals surface area contributed by atoms with Gasteiger partial charge in [-0.25, -0.2) is 4.98 Å². The van der Waals surface area contributed by atoms with Crippen molar-refractivity contribution in [2.45, 2.75) is 31.7 Å². The highest BCUT2D eigenvalue weighted by molar-refractivity contribution is 6.25. The number of piperidine rings is 1. The Morgan fingerprint density at radius 2 is 1.67 bits per heavy atom. The number of aromatic amines is 1. The van der Waals surface area contributed by atoms with E-state index in [4.69, 9.17) is 14.2 Å². The second-order valence-corrected chi connectivity index (χ2v) is 13.0. The van der Waals surface area contributed by atoms with Crippen LogP contribution in [0.5, 0.6) is 0 Å². The summed E-state index contributed by atoms with van der Waals surface area (Å²) >= 11 is 0. The maximum absolute atomic E-state index is 13.2. The van der Waals surface area contributed by atoms with Crippen LogP contribution in [-0.2, 0) is 28.6 Å². The number of carbonyl (C=O) groups excluding carboxylic acids is 5. The lowest BCUT2D eigenvalue weighted by atomic mass is 10.0. The molecule has 1 atom stereocenters. The zero-order valence-electron chi connectivity index (χ0n) is 30.8. The van der Waals surface area contributed by atoms with Crippen LogP contribution < -0.4 is 26.6 Å². The number of imide groups is 2. The Kier molecular flexibility index (Phi) is 13.7. The molecule has 2 aliphatic heterocycles. The van der Waals surface area contributed by atoms with Gasteiger partial charge in [0.25, 0.3) is 11.8 Å². The number of nitrogens with zero attached hydrogens (tertiary/aromatic N) is 4. The minimum absolute atomic E-state index is 0.0215. The molecule has 6 rings (SSSR count). The van der Waals surface area contributed by atoms with Gasteiger partial charge >= 0.3 is 5.69 Å². The van der Waals surface area contributed by atoms with Crippen molar-refractivity contribution in [2.24, 2.45) is 0 Å². The number of fused-ring (bicyclic) bond motifs is 2. The third-order valence-corrected chi connectivity index (χ3v) is 8.98. The highest BCUT2D eigenvalue weighted by Crippen LogP contribution is 2.32. The monoisotopic (exact) mass is 786 g/mol. The summed E-state index contributed by atoms with van der Waals surface area (Å²) in [5.74, 6) is -2.14. The zero-order valence-corrected chi connectivity index (χ0v) is 30.8. The number of hydrogen-bond acceptors (Lipinski definition) is 15. The number of H-pyrrole nitrogens is 1. The first-order valence-corrected chi connectivity index (χ1v) is 18.4. The average Bonchev–Trinajstić information content (AvgIpc) is 3.77. The minimum atomic E-state index is -1.08. The summed E-state index contributed by atoms with van der Waals surface area (Å²) in [5.41, 5.74) is 1.85. The molecule has 4 heterocycles. The normalized spacial score (nSPS) is 15.1. The molecule has 20 heteroatoms. The van der Waals surface area contributed by atoms with Crippen molar-refractivity contribution in [1.29, 1.82) is 0 Å². The highest BCUT2D eigenvalue weighted by Gasteiger charge is 2.45. The number of amides is 5. The molecular formula is C37H42N10O10. The number of ether oxygens (including phenoxy) is 3. The van der Waals surface area contributed by atoms with Crippen LogP contribution in [0.15, 0.2) is 54.7 Å². The topological polar surface area (TPSA) is 261 Å². The summed E-state index contributed by atoms with van der Waals surface area (Å²) in [6, 6.07) is 12.0. The van der Waals surface area contributed by atoms with Crippen LogP contribution in [0.2, 0.25) is 0 Å². The van der Waals surface area contributed by atoms with E-state index in [2.05, 4.69) is 41.8 Å². The first-order chi connectivity index (χ1) is 27.7. The third kappa shape index (κ3) is 10.4. The molecule has 20 nitrogen and oxygen atoms in total. The molecule has 1 unspecified atom stereocenters. The van der Waals surface area contributed by atoms with Crippen LogP contribution in [0, 0.1) is 10.1 Å². The van der Waals surface area contributed by atoms with Gasteiger partial charge in [-0.1, -0.05) is 6.07 Å². The molecule has 300 valence electrons. The van der Waals surface area contributed by atoms with Gasteiger partial charge in [-0.3, -0.25) is 49.4 Å². The van der Waals surface area contributed by atoms with Crippen molar-refractivity contribution >= 4 is 69.1 Å². The Hall–Kier alpha value is -6.51. The number of aromatic nitrogens is 3. The van der Waals surface area contributed by atoms with Crippen molar-refractivity contribution in [2.75, 3.05) is 75.2 Å². The number of anilines is 4.